The Balaban J connectivity index is 1.84. The van der Waals surface area contributed by atoms with Crippen molar-refractivity contribution in [3.05, 3.63) is 47.3 Å². The van der Waals surface area contributed by atoms with Gasteiger partial charge in [-0.05, 0) is 57.0 Å². The highest BCUT2D eigenvalue weighted by atomic mass is 19.4. The van der Waals surface area contributed by atoms with Crippen LogP contribution in [0.4, 0.5) is 13.2 Å². The molecule has 1 amide bonds. The van der Waals surface area contributed by atoms with Gasteiger partial charge in [0, 0.05) is 23.1 Å². The van der Waals surface area contributed by atoms with Crippen molar-refractivity contribution in [3.63, 3.8) is 0 Å². The summed E-state index contributed by atoms with van der Waals surface area (Å²) in [6.45, 7) is 3.67. The number of ether oxygens (including phenoxy) is 1. The molecule has 0 aliphatic heterocycles. The molecule has 1 aromatic heterocycles. The minimum absolute atomic E-state index is 0.0688. The van der Waals surface area contributed by atoms with E-state index < -0.39 is 24.0 Å². The van der Waals surface area contributed by atoms with Crippen LogP contribution in [-0.4, -0.2) is 29.8 Å². The summed E-state index contributed by atoms with van der Waals surface area (Å²) in [7, 11) is 1.59. The van der Waals surface area contributed by atoms with E-state index in [4.69, 9.17) is 4.74 Å². The number of methoxy groups -OCH3 is 1. The fourth-order valence-electron chi connectivity index (χ4n) is 4.06. The van der Waals surface area contributed by atoms with Crippen LogP contribution in [0.15, 0.2) is 30.3 Å². The molecule has 0 unspecified atom stereocenters. The summed E-state index contributed by atoms with van der Waals surface area (Å²) in [5.74, 6) is -1.20. The first-order valence-electron chi connectivity index (χ1n) is 9.43. The van der Waals surface area contributed by atoms with E-state index in [0.717, 1.165) is 17.1 Å². The van der Waals surface area contributed by atoms with E-state index in [1.54, 1.807) is 20.1 Å². The number of aryl methyl sites for hydroxylation is 1. The van der Waals surface area contributed by atoms with Crippen molar-refractivity contribution in [2.75, 3.05) is 7.11 Å². The third-order valence-electron chi connectivity index (χ3n) is 5.51. The Morgan fingerprint density at radius 3 is 2.39 bits per heavy atom. The molecule has 1 N–H and O–H groups in total. The largest absolute Gasteiger partial charge is 0.497 e. The van der Waals surface area contributed by atoms with E-state index >= 15 is 0 Å². The summed E-state index contributed by atoms with van der Waals surface area (Å²) in [4.78, 5) is 12.8. The van der Waals surface area contributed by atoms with Gasteiger partial charge in [0.15, 0.2) is 0 Å². The predicted molar refractivity (Wildman–Crippen MR) is 101 cm³/mol. The zero-order valence-corrected chi connectivity index (χ0v) is 16.3. The molecule has 152 valence electrons. The van der Waals surface area contributed by atoms with Gasteiger partial charge >= 0.3 is 6.18 Å². The van der Waals surface area contributed by atoms with E-state index in [2.05, 4.69) is 5.32 Å². The fourth-order valence-corrected chi connectivity index (χ4v) is 4.06. The molecule has 2 atom stereocenters. The van der Waals surface area contributed by atoms with Crippen molar-refractivity contribution in [2.45, 2.75) is 51.7 Å². The average Bonchev–Trinajstić information content (AvgIpc) is 2.96. The number of nitrogens with zero attached hydrogens (tertiary/aromatic N) is 1. The first-order chi connectivity index (χ1) is 13.2. The number of hydrogen-bond acceptors (Lipinski definition) is 2. The molecule has 7 heteroatoms. The lowest BCUT2D eigenvalue weighted by Gasteiger charge is -2.33. The maximum absolute atomic E-state index is 13.3. The predicted octanol–water partition coefficient (Wildman–Crippen LogP) is 4.95. The van der Waals surface area contributed by atoms with Crippen LogP contribution in [0.1, 0.15) is 47.4 Å². The van der Waals surface area contributed by atoms with E-state index in [9.17, 15) is 18.0 Å². The maximum Gasteiger partial charge on any atom is 0.393 e. The average molecular weight is 394 g/mol. The number of alkyl halides is 3. The monoisotopic (exact) mass is 394 g/mol. The zero-order valence-electron chi connectivity index (χ0n) is 16.3. The van der Waals surface area contributed by atoms with Gasteiger partial charge in [0.25, 0.3) is 5.91 Å². The molecule has 1 saturated carbocycles. The van der Waals surface area contributed by atoms with E-state index in [0.29, 0.717) is 30.5 Å². The molecule has 28 heavy (non-hydrogen) atoms. The Kier molecular flexibility index (Phi) is 5.72. The second-order valence-electron chi connectivity index (χ2n) is 7.33. The van der Waals surface area contributed by atoms with Crippen LogP contribution >= 0.6 is 0 Å². The maximum atomic E-state index is 13.3. The summed E-state index contributed by atoms with van der Waals surface area (Å²) >= 11 is 0. The molecular formula is C21H25F3N2O2. The number of aromatic nitrogens is 1. The molecule has 0 spiro atoms. The van der Waals surface area contributed by atoms with Crippen LogP contribution in [0.25, 0.3) is 5.69 Å². The minimum atomic E-state index is -4.29. The van der Waals surface area contributed by atoms with E-state index in [-0.39, 0.29) is 6.42 Å². The number of halogens is 3. The SMILES string of the molecule is COc1ccc(-n2c(C)cc(C(=O)N[C@H]3CCCC[C@@H]3C(F)(F)F)c2C)cc1. The highest BCUT2D eigenvalue weighted by Crippen LogP contribution is 2.38. The second-order valence-corrected chi connectivity index (χ2v) is 7.33. The van der Waals surface area contributed by atoms with Crippen LogP contribution in [0, 0.1) is 19.8 Å². The molecule has 0 bridgehead atoms. The highest BCUT2D eigenvalue weighted by Gasteiger charge is 2.46. The van der Waals surface area contributed by atoms with Gasteiger partial charge in [-0.15, -0.1) is 0 Å². The number of carbonyl (C=O) groups is 1. The molecule has 3 rings (SSSR count). The van der Waals surface area contributed by atoms with E-state index in [1.807, 2.05) is 35.8 Å². The lowest BCUT2D eigenvalue weighted by molar-refractivity contribution is -0.187. The number of rotatable bonds is 4. The van der Waals surface area contributed by atoms with Crippen molar-refractivity contribution in [1.29, 1.82) is 0 Å². The Morgan fingerprint density at radius 1 is 1.14 bits per heavy atom. The first-order valence-corrected chi connectivity index (χ1v) is 9.43. The molecule has 0 saturated heterocycles. The molecule has 1 heterocycles. The van der Waals surface area contributed by atoms with Gasteiger partial charge in [0.1, 0.15) is 5.75 Å². The zero-order chi connectivity index (χ0) is 20.5. The summed E-state index contributed by atoms with van der Waals surface area (Å²) in [6, 6.07) is 8.25. The molecule has 4 nitrogen and oxygen atoms in total. The Bertz CT molecular complexity index is 841. The smallest absolute Gasteiger partial charge is 0.393 e. The number of hydrogen-bond donors (Lipinski definition) is 1. The van der Waals surface area contributed by atoms with Crippen LogP contribution in [0.3, 0.4) is 0 Å². The quantitative estimate of drug-likeness (QED) is 0.797. The topological polar surface area (TPSA) is 43.3 Å². The highest BCUT2D eigenvalue weighted by molar-refractivity contribution is 5.96. The summed E-state index contributed by atoms with van der Waals surface area (Å²) in [5.41, 5.74) is 2.80. The standard InChI is InChI=1S/C21H25F3N2O2/c1-13-12-17(14(2)26(13)15-8-10-16(28-3)11-9-15)20(27)25-19-7-5-4-6-18(19)21(22,23)24/h8-12,18-19H,4-7H2,1-3H3,(H,25,27)/t18-,19-/m0/s1. The fraction of sp³-hybridized carbons (Fsp3) is 0.476. The summed E-state index contributed by atoms with van der Waals surface area (Å²) < 4.78 is 47.0. The van der Waals surface area contributed by atoms with Crippen LogP contribution < -0.4 is 10.1 Å². The van der Waals surface area contributed by atoms with Crippen molar-refractivity contribution < 1.29 is 22.7 Å². The normalized spacial score (nSPS) is 20.1. The third-order valence-corrected chi connectivity index (χ3v) is 5.51. The number of carbonyl (C=O) groups excluding carboxylic acids is 1. The molecule has 1 fully saturated rings. The van der Waals surface area contributed by atoms with Gasteiger partial charge in [-0.1, -0.05) is 12.8 Å². The van der Waals surface area contributed by atoms with Crippen molar-refractivity contribution in [2.24, 2.45) is 5.92 Å². The van der Waals surface area contributed by atoms with Gasteiger partial charge in [0.05, 0.1) is 18.6 Å². The lowest BCUT2D eigenvalue weighted by Crippen LogP contribution is -2.47. The second kappa shape index (κ2) is 7.89. The van der Waals surface area contributed by atoms with Gasteiger partial charge in [-0.3, -0.25) is 4.79 Å². The van der Waals surface area contributed by atoms with Gasteiger partial charge < -0.3 is 14.6 Å². The molecule has 1 aliphatic carbocycles. The Morgan fingerprint density at radius 2 is 1.79 bits per heavy atom. The summed E-state index contributed by atoms with van der Waals surface area (Å²) in [6.07, 6.45) is -2.63. The van der Waals surface area contributed by atoms with Crippen molar-refractivity contribution in [3.8, 4) is 11.4 Å². The number of nitrogens with one attached hydrogen (secondary N) is 1. The Labute approximate surface area is 162 Å². The Hall–Kier alpha value is -2.44. The summed E-state index contributed by atoms with van der Waals surface area (Å²) in [5, 5.41) is 2.65. The van der Waals surface area contributed by atoms with Crippen LogP contribution in [0.5, 0.6) is 5.75 Å². The first kappa shape index (κ1) is 20.3. The van der Waals surface area contributed by atoms with Crippen LogP contribution in [-0.2, 0) is 0 Å². The molecule has 1 aromatic carbocycles. The lowest BCUT2D eigenvalue weighted by atomic mass is 9.84. The molecule has 1 aliphatic rings. The molecule has 2 aromatic rings. The molecule has 0 radical (unpaired) electrons. The number of amides is 1. The van der Waals surface area contributed by atoms with Gasteiger partial charge in [-0.2, -0.15) is 13.2 Å². The third kappa shape index (κ3) is 4.03. The van der Waals surface area contributed by atoms with Gasteiger partial charge in [-0.25, -0.2) is 0 Å². The van der Waals surface area contributed by atoms with Crippen molar-refractivity contribution >= 4 is 5.91 Å². The van der Waals surface area contributed by atoms with Gasteiger partial charge in [0.2, 0.25) is 0 Å². The minimum Gasteiger partial charge on any atom is -0.497 e. The van der Waals surface area contributed by atoms with E-state index in [1.165, 1.54) is 0 Å². The van der Waals surface area contributed by atoms with Crippen LogP contribution in [0.2, 0.25) is 0 Å². The number of benzene rings is 1. The molecular weight excluding hydrogens is 369 g/mol. The van der Waals surface area contributed by atoms with Crippen molar-refractivity contribution in [1.82, 2.24) is 9.88 Å².